The van der Waals surface area contributed by atoms with Crippen LogP contribution >= 0.6 is 0 Å². The van der Waals surface area contributed by atoms with Gasteiger partial charge in [0.15, 0.2) is 5.96 Å². The first-order valence-corrected chi connectivity index (χ1v) is 5.21. The molecule has 0 saturated heterocycles. The molecule has 1 unspecified atom stereocenters. The van der Waals surface area contributed by atoms with E-state index in [1.807, 2.05) is 0 Å². The van der Waals surface area contributed by atoms with Gasteiger partial charge in [-0.05, 0) is 19.8 Å². The second kappa shape index (κ2) is 3.99. The zero-order valence-corrected chi connectivity index (χ0v) is 9.01. The minimum Gasteiger partial charge on any atom is -0.370 e. The van der Waals surface area contributed by atoms with Crippen LogP contribution in [-0.4, -0.2) is 29.5 Å². The summed E-state index contributed by atoms with van der Waals surface area (Å²) in [7, 11) is 0. The van der Waals surface area contributed by atoms with Crippen LogP contribution in [-0.2, 0) is 0 Å². The fourth-order valence-electron chi connectivity index (χ4n) is 2.06. The maximum atomic E-state index is 5.85. The van der Waals surface area contributed by atoms with Gasteiger partial charge in [-0.25, -0.2) is 0 Å². The van der Waals surface area contributed by atoms with Crippen molar-refractivity contribution in [1.82, 2.24) is 4.90 Å². The van der Waals surface area contributed by atoms with E-state index in [1.165, 1.54) is 12.8 Å². The monoisotopic (exact) mass is 183 g/mol. The normalized spacial score (nSPS) is 27.9. The quantitative estimate of drug-likeness (QED) is 0.719. The maximum absolute atomic E-state index is 5.85. The van der Waals surface area contributed by atoms with Crippen molar-refractivity contribution in [1.29, 1.82) is 0 Å². The predicted molar refractivity (Wildman–Crippen MR) is 56.8 cm³/mol. The highest BCUT2D eigenvalue weighted by molar-refractivity contribution is 5.80. The number of guanidine groups is 1. The average molecular weight is 183 g/mol. The van der Waals surface area contributed by atoms with Crippen LogP contribution in [0.1, 0.15) is 40.0 Å². The third kappa shape index (κ3) is 1.95. The molecule has 0 saturated carbocycles. The number of hydrogen-bond donors (Lipinski definition) is 1. The first-order valence-electron chi connectivity index (χ1n) is 5.21. The van der Waals surface area contributed by atoms with E-state index in [-0.39, 0.29) is 5.54 Å². The van der Waals surface area contributed by atoms with Gasteiger partial charge in [-0.3, -0.25) is 4.99 Å². The molecule has 0 spiro atoms. The highest BCUT2D eigenvalue weighted by Crippen LogP contribution is 2.26. The summed E-state index contributed by atoms with van der Waals surface area (Å²) in [6.07, 6.45) is 3.51. The highest BCUT2D eigenvalue weighted by atomic mass is 15.3. The Morgan fingerprint density at radius 2 is 2.15 bits per heavy atom. The minimum absolute atomic E-state index is 0.189. The molecule has 3 heteroatoms. The minimum atomic E-state index is 0.189. The van der Waals surface area contributed by atoms with Gasteiger partial charge in [-0.2, -0.15) is 0 Å². The van der Waals surface area contributed by atoms with Gasteiger partial charge in [0.25, 0.3) is 0 Å². The van der Waals surface area contributed by atoms with Gasteiger partial charge in [0.2, 0.25) is 0 Å². The van der Waals surface area contributed by atoms with Crippen molar-refractivity contribution in [3.05, 3.63) is 0 Å². The Morgan fingerprint density at radius 1 is 1.46 bits per heavy atom. The summed E-state index contributed by atoms with van der Waals surface area (Å²) in [5.41, 5.74) is 6.04. The van der Waals surface area contributed by atoms with E-state index in [1.54, 1.807) is 0 Å². The summed E-state index contributed by atoms with van der Waals surface area (Å²) < 4.78 is 0. The first kappa shape index (κ1) is 10.4. The molecule has 1 heterocycles. The van der Waals surface area contributed by atoms with E-state index >= 15 is 0 Å². The van der Waals surface area contributed by atoms with Crippen LogP contribution in [0.15, 0.2) is 4.99 Å². The molecule has 3 nitrogen and oxygen atoms in total. The van der Waals surface area contributed by atoms with E-state index < -0.39 is 0 Å². The molecular weight excluding hydrogens is 162 g/mol. The van der Waals surface area contributed by atoms with Crippen LogP contribution in [0.25, 0.3) is 0 Å². The van der Waals surface area contributed by atoms with E-state index in [0.717, 1.165) is 25.5 Å². The lowest BCUT2D eigenvalue weighted by Gasteiger charge is -2.35. The van der Waals surface area contributed by atoms with Crippen molar-refractivity contribution >= 4 is 5.96 Å². The van der Waals surface area contributed by atoms with E-state index in [0.29, 0.717) is 0 Å². The molecule has 0 bridgehead atoms. The Hall–Kier alpha value is -0.730. The topological polar surface area (TPSA) is 41.6 Å². The summed E-state index contributed by atoms with van der Waals surface area (Å²) in [6, 6.07) is 0. The van der Waals surface area contributed by atoms with Gasteiger partial charge < -0.3 is 10.6 Å². The van der Waals surface area contributed by atoms with Gasteiger partial charge >= 0.3 is 0 Å². The van der Waals surface area contributed by atoms with E-state index in [9.17, 15) is 0 Å². The summed E-state index contributed by atoms with van der Waals surface area (Å²) in [5, 5.41) is 0. The average Bonchev–Trinajstić information content (AvgIpc) is 2.34. The van der Waals surface area contributed by atoms with Gasteiger partial charge in [-0.15, -0.1) is 0 Å². The molecule has 0 aromatic heterocycles. The number of aliphatic imine (C=N–C) groups is 1. The van der Waals surface area contributed by atoms with Crippen LogP contribution in [0, 0.1) is 0 Å². The Labute approximate surface area is 81.0 Å². The molecule has 0 aromatic rings. The Kier molecular flexibility index (Phi) is 3.17. The molecule has 1 aliphatic rings. The zero-order valence-electron chi connectivity index (χ0n) is 9.01. The van der Waals surface area contributed by atoms with Crippen LogP contribution in [0.2, 0.25) is 0 Å². The molecule has 1 atom stereocenters. The molecule has 0 radical (unpaired) electrons. The van der Waals surface area contributed by atoms with Crippen LogP contribution in [0.5, 0.6) is 0 Å². The van der Waals surface area contributed by atoms with Crippen molar-refractivity contribution in [3.63, 3.8) is 0 Å². The summed E-state index contributed by atoms with van der Waals surface area (Å²) in [4.78, 5) is 6.59. The highest BCUT2D eigenvalue weighted by Gasteiger charge is 2.36. The number of nitrogens with zero attached hydrogens (tertiary/aromatic N) is 2. The number of nitrogens with two attached hydrogens (primary N) is 1. The van der Waals surface area contributed by atoms with Crippen molar-refractivity contribution < 1.29 is 0 Å². The summed E-state index contributed by atoms with van der Waals surface area (Å²) in [6.45, 7) is 8.55. The number of hydrogen-bond acceptors (Lipinski definition) is 3. The van der Waals surface area contributed by atoms with E-state index in [2.05, 4.69) is 30.7 Å². The Bertz CT molecular complexity index is 200. The van der Waals surface area contributed by atoms with Crippen LogP contribution < -0.4 is 5.73 Å². The summed E-state index contributed by atoms with van der Waals surface area (Å²) >= 11 is 0. The number of rotatable bonds is 4. The van der Waals surface area contributed by atoms with Crippen molar-refractivity contribution in [2.45, 2.75) is 45.6 Å². The van der Waals surface area contributed by atoms with Crippen molar-refractivity contribution in [2.75, 3.05) is 13.1 Å². The second-order valence-electron chi connectivity index (χ2n) is 4.07. The fraction of sp³-hybridized carbons (Fsp3) is 0.900. The van der Waals surface area contributed by atoms with Gasteiger partial charge in [-0.1, -0.05) is 20.3 Å². The zero-order chi connectivity index (χ0) is 9.90. The fourth-order valence-corrected chi connectivity index (χ4v) is 2.06. The Balaban J connectivity index is 2.66. The van der Waals surface area contributed by atoms with Gasteiger partial charge in [0, 0.05) is 6.54 Å². The summed E-state index contributed by atoms with van der Waals surface area (Å²) in [5.74, 6) is 0.734. The molecule has 2 N–H and O–H groups in total. The van der Waals surface area contributed by atoms with Crippen LogP contribution in [0.3, 0.4) is 0 Å². The van der Waals surface area contributed by atoms with Crippen molar-refractivity contribution in [2.24, 2.45) is 10.7 Å². The molecular formula is C10H21N3. The third-order valence-corrected chi connectivity index (χ3v) is 2.75. The lowest BCUT2D eigenvalue weighted by molar-refractivity contribution is 0.206. The molecule has 1 aliphatic heterocycles. The standard InChI is InChI=1S/C10H21N3/c1-4-6-10(3)8-12-9(11)13(10)7-5-2/h4-8H2,1-3H3,(H2,11,12). The van der Waals surface area contributed by atoms with Gasteiger partial charge in [0.05, 0.1) is 12.1 Å². The molecule has 13 heavy (non-hydrogen) atoms. The van der Waals surface area contributed by atoms with E-state index in [4.69, 9.17) is 5.73 Å². The predicted octanol–water partition coefficient (Wildman–Crippen LogP) is 1.59. The molecule has 0 aromatic carbocycles. The molecule has 0 aliphatic carbocycles. The first-order chi connectivity index (χ1) is 6.14. The maximum Gasteiger partial charge on any atom is 0.191 e. The lowest BCUT2D eigenvalue weighted by atomic mass is 9.95. The third-order valence-electron chi connectivity index (χ3n) is 2.75. The van der Waals surface area contributed by atoms with Crippen molar-refractivity contribution in [3.8, 4) is 0 Å². The van der Waals surface area contributed by atoms with Crippen LogP contribution in [0.4, 0.5) is 0 Å². The SMILES string of the molecule is CCCN1C(N)=NCC1(C)CCC. The molecule has 0 fully saturated rings. The second-order valence-corrected chi connectivity index (χ2v) is 4.07. The largest absolute Gasteiger partial charge is 0.370 e. The Morgan fingerprint density at radius 3 is 2.69 bits per heavy atom. The lowest BCUT2D eigenvalue weighted by Crippen LogP contribution is -2.49. The molecule has 1 rings (SSSR count). The molecule has 76 valence electrons. The molecule has 0 amide bonds. The van der Waals surface area contributed by atoms with Gasteiger partial charge in [0.1, 0.15) is 0 Å². The smallest absolute Gasteiger partial charge is 0.191 e.